The van der Waals surface area contributed by atoms with Crippen molar-refractivity contribution in [3.05, 3.63) is 65.7 Å². The lowest BCUT2D eigenvalue weighted by Crippen LogP contribution is -2.12. The van der Waals surface area contributed by atoms with Gasteiger partial charge in [0, 0.05) is 5.92 Å². The molecule has 96 valence electrons. The van der Waals surface area contributed by atoms with Crippen LogP contribution in [-0.4, -0.2) is 5.97 Å². The topological polar surface area (TPSA) is 26.3 Å². The maximum absolute atomic E-state index is 12.0. The third-order valence-electron chi connectivity index (χ3n) is 3.85. The molecule has 0 aromatic heterocycles. The number of carbonyl (C=O) groups is 1. The molecule has 1 aliphatic heterocycles. The summed E-state index contributed by atoms with van der Waals surface area (Å²) < 4.78 is 5.44. The number of esters is 1. The first-order valence-corrected chi connectivity index (χ1v) is 6.60. The summed E-state index contributed by atoms with van der Waals surface area (Å²) in [5.74, 6) is 1.01. The lowest BCUT2D eigenvalue weighted by atomic mass is 9.81. The Morgan fingerprint density at radius 3 is 2.47 bits per heavy atom. The zero-order valence-corrected chi connectivity index (χ0v) is 10.9. The summed E-state index contributed by atoms with van der Waals surface area (Å²) in [4.78, 5) is 12.0. The molecule has 0 unspecified atom stereocenters. The van der Waals surface area contributed by atoms with Gasteiger partial charge in [0.25, 0.3) is 0 Å². The van der Waals surface area contributed by atoms with Crippen LogP contribution >= 0.6 is 0 Å². The molecule has 19 heavy (non-hydrogen) atoms. The van der Waals surface area contributed by atoms with Crippen molar-refractivity contribution in [1.29, 1.82) is 0 Å². The van der Waals surface area contributed by atoms with Crippen LogP contribution in [0, 0.1) is 0 Å². The quantitative estimate of drug-likeness (QED) is 0.568. The van der Waals surface area contributed by atoms with Crippen molar-refractivity contribution < 1.29 is 9.53 Å². The van der Waals surface area contributed by atoms with Gasteiger partial charge >= 0.3 is 5.97 Å². The highest BCUT2D eigenvalue weighted by atomic mass is 16.5. The molecule has 3 rings (SSSR count). The molecule has 0 radical (unpaired) electrons. The van der Waals surface area contributed by atoms with Crippen LogP contribution in [0.15, 0.2) is 54.6 Å². The highest BCUT2D eigenvalue weighted by molar-refractivity contribution is 5.75. The van der Waals surface area contributed by atoms with E-state index in [-0.39, 0.29) is 17.8 Å². The molecule has 2 heteroatoms. The largest absolute Gasteiger partial charge is 0.426 e. The van der Waals surface area contributed by atoms with Crippen molar-refractivity contribution in [3.8, 4) is 5.75 Å². The summed E-state index contributed by atoms with van der Waals surface area (Å²) in [5.41, 5.74) is 2.31. The Bertz CT molecular complexity index is 589. The second-order valence-corrected chi connectivity index (χ2v) is 5.02. The maximum atomic E-state index is 12.0. The van der Waals surface area contributed by atoms with Crippen LogP contribution in [0.4, 0.5) is 0 Å². The Morgan fingerprint density at radius 1 is 1.00 bits per heavy atom. The van der Waals surface area contributed by atoms with Gasteiger partial charge in [-0.2, -0.15) is 0 Å². The number of para-hydroxylation sites is 1. The predicted molar refractivity (Wildman–Crippen MR) is 74.3 cm³/mol. The minimum absolute atomic E-state index is 0.148. The van der Waals surface area contributed by atoms with Crippen molar-refractivity contribution >= 4 is 5.97 Å². The molecule has 0 saturated heterocycles. The molecule has 2 aromatic rings. The molecule has 0 aliphatic carbocycles. The van der Waals surface area contributed by atoms with Gasteiger partial charge in [-0.25, -0.2) is 0 Å². The van der Waals surface area contributed by atoms with E-state index in [0.717, 1.165) is 5.56 Å². The van der Waals surface area contributed by atoms with Gasteiger partial charge in [0.2, 0.25) is 0 Å². The van der Waals surface area contributed by atoms with E-state index < -0.39 is 0 Å². The fraction of sp³-hybridized carbons (Fsp3) is 0.235. The Kier molecular flexibility index (Phi) is 3.08. The van der Waals surface area contributed by atoms with Gasteiger partial charge in [0.05, 0.1) is 6.42 Å². The normalized spacial score (nSPS) is 22.3. The molecule has 0 saturated carbocycles. The molecule has 0 bridgehead atoms. The zero-order valence-electron chi connectivity index (χ0n) is 10.9. The van der Waals surface area contributed by atoms with Crippen LogP contribution in [0.25, 0.3) is 0 Å². The molecular weight excluding hydrogens is 236 g/mol. The molecule has 0 N–H and O–H groups in total. The molecule has 1 aliphatic rings. The maximum Gasteiger partial charge on any atom is 0.311 e. The molecule has 0 amide bonds. The molecule has 2 aromatic carbocycles. The first kappa shape index (κ1) is 12.0. The van der Waals surface area contributed by atoms with Gasteiger partial charge in [-0.15, -0.1) is 0 Å². The monoisotopic (exact) mass is 252 g/mol. The first-order valence-electron chi connectivity index (χ1n) is 6.60. The van der Waals surface area contributed by atoms with Crippen LogP contribution < -0.4 is 4.74 Å². The fourth-order valence-corrected chi connectivity index (χ4v) is 2.79. The molecule has 1 heterocycles. The average molecular weight is 252 g/mol. The van der Waals surface area contributed by atoms with Gasteiger partial charge in [0.15, 0.2) is 0 Å². The second kappa shape index (κ2) is 4.88. The van der Waals surface area contributed by atoms with Gasteiger partial charge < -0.3 is 4.74 Å². The third-order valence-corrected chi connectivity index (χ3v) is 3.85. The summed E-state index contributed by atoms with van der Waals surface area (Å²) >= 11 is 0. The van der Waals surface area contributed by atoms with Gasteiger partial charge in [-0.1, -0.05) is 55.5 Å². The lowest BCUT2D eigenvalue weighted by Gasteiger charge is -2.21. The summed E-state index contributed by atoms with van der Waals surface area (Å²) in [7, 11) is 0. The van der Waals surface area contributed by atoms with E-state index in [9.17, 15) is 4.79 Å². The highest BCUT2D eigenvalue weighted by Gasteiger charge is 2.30. The van der Waals surface area contributed by atoms with E-state index in [1.165, 1.54) is 5.56 Å². The molecule has 0 fully saturated rings. The van der Waals surface area contributed by atoms with Gasteiger partial charge in [-0.05, 0) is 23.1 Å². The van der Waals surface area contributed by atoms with Crippen LogP contribution in [0.3, 0.4) is 0 Å². The standard InChI is InChI=1S/C17H16O2/c1-12-14-9-5-6-10-16(14)19-17(18)11-15(12)13-7-3-2-4-8-13/h2-10,12,15H,11H2,1H3/t12-,15-/m0/s1. The number of rotatable bonds is 1. The van der Waals surface area contributed by atoms with Crippen molar-refractivity contribution in [2.75, 3.05) is 0 Å². The lowest BCUT2D eigenvalue weighted by molar-refractivity contribution is -0.134. The minimum atomic E-state index is -0.148. The van der Waals surface area contributed by atoms with Crippen LogP contribution in [0.1, 0.15) is 36.3 Å². The Labute approximate surface area is 113 Å². The SMILES string of the molecule is C[C@H]1c2ccccc2OC(=O)C[C@@H]1c1ccccc1. The van der Waals surface area contributed by atoms with Crippen molar-refractivity contribution in [1.82, 2.24) is 0 Å². The fourth-order valence-electron chi connectivity index (χ4n) is 2.79. The number of hydrogen-bond acceptors (Lipinski definition) is 2. The van der Waals surface area contributed by atoms with Crippen molar-refractivity contribution in [3.63, 3.8) is 0 Å². The van der Waals surface area contributed by atoms with E-state index >= 15 is 0 Å². The molecular formula is C17H16O2. The Hall–Kier alpha value is -2.09. The van der Waals surface area contributed by atoms with E-state index in [2.05, 4.69) is 25.1 Å². The number of fused-ring (bicyclic) bond motifs is 1. The summed E-state index contributed by atoms with van der Waals surface area (Å²) in [5, 5.41) is 0. The first-order chi connectivity index (χ1) is 9.25. The smallest absolute Gasteiger partial charge is 0.311 e. The number of ether oxygens (including phenoxy) is 1. The number of benzene rings is 2. The van der Waals surface area contributed by atoms with Crippen LogP contribution in [0.5, 0.6) is 5.75 Å². The van der Waals surface area contributed by atoms with E-state index in [1.807, 2.05) is 36.4 Å². The summed E-state index contributed by atoms with van der Waals surface area (Å²) in [6.07, 6.45) is 0.430. The minimum Gasteiger partial charge on any atom is -0.426 e. The zero-order chi connectivity index (χ0) is 13.2. The summed E-state index contributed by atoms with van der Waals surface area (Å²) in [6.45, 7) is 2.17. The van der Waals surface area contributed by atoms with Gasteiger partial charge in [0.1, 0.15) is 5.75 Å². The number of carbonyl (C=O) groups excluding carboxylic acids is 1. The molecule has 2 atom stereocenters. The third kappa shape index (κ3) is 2.26. The van der Waals surface area contributed by atoms with E-state index in [1.54, 1.807) is 0 Å². The van der Waals surface area contributed by atoms with Crippen molar-refractivity contribution in [2.45, 2.75) is 25.2 Å². The Balaban J connectivity index is 2.06. The average Bonchev–Trinajstić information content (AvgIpc) is 2.57. The van der Waals surface area contributed by atoms with Gasteiger partial charge in [-0.3, -0.25) is 4.79 Å². The Morgan fingerprint density at radius 2 is 1.68 bits per heavy atom. The van der Waals surface area contributed by atoms with Crippen molar-refractivity contribution in [2.24, 2.45) is 0 Å². The predicted octanol–water partition coefficient (Wildman–Crippen LogP) is 3.88. The van der Waals surface area contributed by atoms with Crippen LogP contribution in [0.2, 0.25) is 0 Å². The molecule has 0 spiro atoms. The highest BCUT2D eigenvalue weighted by Crippen LogP contribution is 2.41. The van der Waals surface area contributed by atoms with E-state index in [0.29, 0.717) is 12.2 Å². The molecule has 2 nitrogen and oxygen atoms in total. The second-order valence-electron chi connectivity index (χ2n) is 5.02. The summed E-state index contributed by atoms with van der Waals surface area (Å²) in [6, 6.07) is 18.0. The van der Waals surface area contributed by atoms with E-state index in [4.69, 9.17) is 4.74 Å². The number of hydrogen-bond donors (Lipinski definition) is 0. The van der Waals surface area contributed by atoms with Crippen LogP contribution in [-0.2, 0) is 4.79 Å².